The van der Waals surface area contributed by atoms with Crippen molar-refractivity contribution >= 4 is 23.3 Å². The van der Waals surface area contributed by atoms with Crippen molar-refractivity contribution in [3.8, 4) is 0 Å². The lowest BCUT2D eigenvalue weighted by Crippen LogP contribution is -2.40. The molecular weight excluding hydrogens is 262 g/mol. The Hall–Kier alpha value is -1.94. The maximum Gasteiger partial charge on any atom is 0.322 e. The second-order valence-electron chi connectivity index (χ2n) is 4.55. The number of hydrogen-bond donors (Lipinski definition) is 1. The van der Waals surface area contributed by atoms with Crippen LogP contribution in [0.25, 0.3) is 0 Å². The SMILES string of the molecule is O=C(Nc1ccc(Cl)cc1)N1CCn2cccc2C1. The third-order valence-corrected chi connectivity index (χ3v) is 3.52. The van der Waals surface area contributed by atoms with Crippen LogP contribution in [0, 0.1) is 0 Å². The van der Waals surface area contributed by atoms with Gasteiger partial charge in [-0.3, -0.25) is 0 Å². The molecule has 1 N–H and O–H groups in total. The summed E-state index contributed by atoms with van der Waals surface area (Å²) in [4.78, 5) is 14.0. The molecule has 1 aliphatic rings. The molecule has 2 aromatic rings. The third kappa shape index (κ3) is 2.58. The quantitative estimate of drug-likeness (QED) is 0.853. The van der Waals surface area contributed by atoms with Crippen LogP contribution in [0.4, 0.5) is 10.5 Å². The van der Waals surface area contributed by atoms with E-state index in [1.807, 2.05) is 23.2 Å². The number of carbonyl (C=O) groups is 1. The number of nitrogens with one attached hydrogen (secondary N) is 1. The molecule has 5 heteroatoms. The van der Waals surface area contributed by atoms with Gasteiger partial charge in [-0.25, -0.2) is 4.79 Å². The molecule has 0 saturated carbocycles. The Morgan fingerprint density at radius 2 is 1.95 bits per heavy atom. The highest BCUT2D eigenvalue weighted by atomic mass is 35.5. The molecule has 0 unspecified atom stereocenters. The fourth-order valence-electron chi connectivity index (χ4n) is 2.22. The first-order valence-corrected chi connectivity index (χ1v) is 6.56. The first kappa shape index (κ1) is 12.1. The van der Waals surface area contributed by atoms with Gasteiger partial charge in [0.05, 0.1) is 6.54 Å². The molecule has 2 amide bonds. The van der Waals surface area contributed by atoms with E-state index in [1.54, 1.807) is 24.3 Å². The van der Waals surface area contributed by atoms with Gasteiger partial charge in [-0.2, -0.15) is 0 Å². The van der Waals surface area contributed by atoms with Crippen LogP contribution in [0.15, 0.2) is 42.6 Å². The lowest BCUT2D eigenvalue weighted by Gasteiger charge is -2.28. The van der Waals surface area contributed by atoms with Crippen LogP contribution in [0.5, 0.6) is 0 Å². The maximum absolute atomic E-state index is 12.2. The second kappa shape index (κ2) is 4.97. The van der Waals surface area contributed by atoms with E-state index in [2.05, 4.69) is 9.88 Å². The molecule has 0 radical (unpaired) electrons. The third-order valence-electron chi connectivity index (χ3n) is 3.27. The lowest BCUT2D eigenvalue weighted by atomic mass is 10.3. The zero-order valence-corrected chi connectivity index (χ0v) is 11.1. The Labute approximate surface area is 116 Å². The number of carbonyl (C=O) groups excluding carboxylic acids is 1. The highest BCUT2D eigenvalue weighted by molar-refractivity contribution is 6.30. The molecular formula is C14H14ClN3O. The molecule has 98 valence electrons. The van der Waals surface area contributed by atoms with Crippen molar-refractivity contribution < 1.29 is 4.79 Å². The average molecular weight is 276 g/mol. The summed E-state index contributed by atoms with van der Waals surface area (Å²) >= 11 is 5.81. The van der Waals surface area contributed by atoms with Gasteiger partial charge in [-0.15, -0.1) is 0 Å². The Morgan fingerprint density at radius 1 is 1.16 bits per heavy atom. The number of benzene rings is 1. The number of rotatable bonds is 1. The first-order valence-electron chi connectivity index (χ1n) is 6.18. The highest BCUT2D eigenvalue weighted by Gasteiger charge is 2.19. The Kier molecular flexibility index (Phi) is 3.17. The van der Waals surface area contributed by atoms with E-state index in [-0.39, 0.29) is 6.03 Å². The van der Waals surface area contributed by atoms with Crippen molar-refractivity contribution in [1.29, 1.82) is 0 Å². The van der Waals surface area contributed by atoms with Crippen LogP contribution in [-0.4, -0.2) is 22.0 Å². The largest absolute Gasteiger partial charge is 0.348 e. The van der Waals surface area contributed by atoms with Crippen LogP contribution in [0.1, 0.15) is 5.69 Å². The van der Waals surface area contributed by atoms with Crippen LogP contribution in [-0.2, 0) is 13.1 Å². The summed E-state index contributed by atoms with van der Waals surface area (Å²) in [5, 5.41) is 3.54. The predicted molar refractivity (Wildman–Crippen MR) is 75.3 cm³/mol. The van der Waals surface area contributed by atoms with Gasteiger partial charge in [-0.1, -0.05) is 11.6 Å². The molecule has 3 rings (SSSR count). The molecule has 0 bridgehead atoms. The molecule has 1 aromatic heterocycles. The first-order chi connectivity index (χ1) is 9.22. The van der Waals surface area contributed by atoms with Crippen LogP contribution >= 0.6 is 11.6 Å². The zero-order valence-electron chi connectivity index (χ0n) is 10.3. The molecule has 0 atom stereocenters. The number of halogens is 1. The van der Waals surface area contributed by atoms with Gasteiger partial charge < -0.3 is 14.8 Å². The van der Waals surface area contributed by atoms with Crippen LogP contribution < -0.4 is 5.32 Å². The van der Waals surface area contributed by atoms with Crippen molar-refractivity contribution in [2.24, 2.45) is 0 Å². The van der Waals surface area contributed by atoms with Gasteiger partial charge >= 0.3 is 6.03 Å². The van der Waals surface area contributed by atoms with Gasteiger partial charge in [-0.05, 0) is 36.4 Å². The summed E-state index contributed by atoms with van der Waals surface area (Å²) in [5.74, 6) is 0. The molecule has 1 aromatic carbocycles. The van der Waals surface area contributed by atoms with Crippen molar-refractivity contribution in [2.45, 2.75) is 13.1 Å². The second-order valence-corrected chi connectivity index (χ2v) is 4.99. The lowest BCUT2D eigenvalue weighted by molar-refractivity contribution is 0.197. The standard InChI is InChI=1S/C14H14ClN3O/c15-11-3-5-12(6-4-11)16-14(19)18-9-8-17-7-1-2-13(17)10-18/h1-7H,8-10H2,(H,16,19). The number of urea groups is 1. The van der Waals surface area contributed by atoms with Crippen molar-refractivity contribution in [3.05, 3.63) is 53.3 Å². The van der Waals surface area contributed by atoms with Crippen molar-refractivity contribution in [2.75, 3.05) is 11.9 Å². The van der Waals surface area contributed by atoms with E-state index >= 15 is 0 Å². The molecule has 0 spiro atoms. The van der Waals surface area contributed by atoms with Crippen molar-refractivity contribution in [3.63, 3.8) is 0 Å². The normalized spacial score (nSPS) is 14.1. The molecule has 0 aliphatic carbocycles. The monoisotopic (exact) mass is 275 g/mol. The summed E-state index contributed by atoms with van der Waals surface area (Å²) in [6, 6.07) is 11.1. The minimum atomic E-state index is -0.0743. The topological polar surface area (TPSA) is 37.3 Å². The number of fused-ring (bicyclic) bond motifs is 1. The van der Waals surface area contributed by atoms with Gasteiger partial charge in [0.25, 0.3) is 0 Å². The van der Waals surface area contributed by atoms with Gasteiger partial charge in [0, 0.05) is 35.7 Å². The molecule has 0 saturated heterocycles. The fraction of sp³-hybridized carbons (Fsp3) is 0.214. The summed E-state index contributed by atoms with van der Waals surface area (Å²) in [6.45, 7) is 2.21. The summed E-state index contributed by atoms with van der Waals surface area (Å²) < 4.78 is 2.17. The molecule has 19 heavy (non-hydrogen) atoms. The minimum absolute atomic E-state index is 0.0743. The number of nitrogens with zero attached hydrogens (tertiary/aromatic N) is 2. The molecule has 4 nitrogen and oxygen atoms in total. The molecule has 0 fully saturated rings. The van der Waals surface area contributed by atoms with E-state index in [1.165, 1.54) is 0 Å². The fourth-order valence-corrected chi connectivity index (χ4v) is 2.35. The van der Waals surface area contributed by atoms with Gasteiger partial charge in [0.2, 0.25) is 0 Å². The van der Waals surface area contributed by atoms with E-state index in [0.717, 1.165) is 24.5 Å². The molecule has 2 heterocycles. The van der Waals surface area contributed by atoms with E-state index in [4.69, 9.17) is 11.6 Å². The highest BCUT2D eigenvalue weighted by Crippen LogP contribution is 2.16. The number of aromatic nitrogens is 1. The van der Waals surface area contributed by atoms with E-state index in [9.17, 15) is 4.79 Å². The Balaban J connectivity index is 1.67. The zero-order chi connectivity index (χ0) is 13.2. The number of hydrogen-bond acceptors (Lipinski definition) is 1. The minimum Gasteiger partial charge on any atom is -0.348 e. The summed E-state index contributed by atoms with van der Waals surface area (Å²) in [6.07, 6.45) is 2.05. The Morgan fingerprint density at radius 3 is 2.74 bits per heavy atom. The Bertz CT molecular complexity index is 591. The average Bonchev–Trinajstić information content (AvgIpc) is 2.88. The van der Waals surface area contributed by atoms with Gasteiger partial charge in [0.1, 0.15) is 0 Å². The predicted octanol–water partition coefficient (Wildman–Crippen LogP) is 3.19. The number of amides is 2. The smallest absolute Gasteiger partial charge is 0.322 e. The molecule has 1 aliphatic heterocycles. The van der Waals surface area contributed by atoms with Crippen LogP contribution in [0.2, 0.25) is 5.02 Å². The summed E-state index contributed by atoms with van der Waals surface area (Å²) in [7, 11) is 0. The van der Waals surface area contributed by atoms with E-state index in [0.29, 0.717) is 11.6 Å². The number of anilines is 1. The van der Waals surface area contributed by atoms with Crippen LogP contribution in [0.3, 0.4) is 0 Å². The van der Waals surface area contributed by atoms with Crippen molar-refractivity contribution in [1.82, 2.24) is 9.47 Å². The van der Waals surface area contributed by atoms with Gasteiger partial charge in [0.15, 0.2) is 0 Å². The van der Waals surface area contributed by atoms with E-state index < -0.39 is 0 Å². The summed E-state index contributed by atoms with van der Waals surface area (Å²) in [5.41, 5.74) is 1.92. The maximum atomic E-state index is 12.2.